The minimum absolute atomic E-state index is 0.269. The second-order valence-corrected chi connectivity index (χ2v) is 5.07. The van der Waals surface area contributed by atoms with Crippen molar-refractivity contribution >= 4 is 11.9 Å². The van der Waals surface area contributed by atoms with E-state index in [1.165, 1.54) is 0 Å². The van der Waals surface area contributed by atoms with Crippen molar-refractivity contribution in [2.45, 2.75) is 26.3 Å². The molecule has 0 heterocycles. The van der Waals surface area contributed by atoms with Crippen LogP contribution in [0.2, 0.25) is 0 Å². The number of hydrogen-bond donors (Lipinski definition) is 2. The maximum absolute atomic E-state index is 11.4. The Labute approximate surface area is 136 Å². The monoisotopic (exact) mass is 323 g/mol. The summed E-state index contributed by atoms with van der Waals surface area (Å²) in [5.41, 5.74) is 6.00. The zero-order chi connectivity index (χ0) is 17.2. The molecule has 0 aliphatic rings. The van der Waals surface area contributed by atoms with Crippen LogP contribution in [0.3, 0.4) is 0 Å². The summed E-state index contributed by atoms with van der Waals surface area (Å²) in [7, 11) is 3.21. The summed E-state index contributed by atoms with van der Waals surface area (Å²) in [5.74, 6) is 1.05. The van der Waals surface area contributed by atoms with E-state index >= 15 is 0 Å². The van der Waals surface area contributed by atoms with Gasteiger partial charge in [-0.3, -0.25) is 15.0 Å². The van der Waals surface area contributed by atoms with Crippen LogP contribution in [0.5, 0.6) is 11.5 Å². The summed E-state index contributed by atoms with van der Waals surface area (Å²) in [6, 6.07) is 5.00. The summed E-state index contributed by atoms with van der Waals surface area (Å²) in [4.78, 5) is 24.2. The van der Waals surface area contributed by atoms with E-state index in [1.54, 1.807) is 14.2 Å². The van der Waals surface area contributed by atoms with Crippen molar-refractivity contribution in [2.24, 2.45) is 5.73 Å². The number of amides is 3. The number of nitrogens with one attached hydrogen (secondary N) is 1. The van der Waals surface area contributed by atoms with Crippen LogP contribution >= 0.6 is 0 Å². The Kier molecular flexibility index (Phi) is 7.90. The minimum atomic E-state index is -0.812. The second kappa shape index (κ2) is 9.68. The highest BCUT2D eigenvalue weighted by Gasteiger charge is 2.10. The first-order valence-electron chi connectivity index (χ1n) is 7.52. The Hall–Kier alpha value is -2.28. The van der Waals surface area contributed by atoms with E-state index in [4.69, 9.17) is 15.2 Å². The zero-order valence-corrected chi connectivity index (χ0v) is 13.9. The van der Waals surface area contributed by atoms with Crippen molar-refractivity contribution in [3.05, 3.63) is 23.8 Å². The predicted molar refractivity (Wildman–Crippen MR) is 87.5 cm³/mol. The van der Waals surface area contributed by atoms with Gasteiger partial charge in [-0.15, -0.1) is 0 Å². The number of carbonyl (C=O) groups is 2. The number of ether oxygens (including phenoxy) is 2. The lowest BCUT2D eigenvalue weighted by molar-refractivity contribution is -0.120. The first-order chi connectivity index (χ1) is 11.0. The Morgan fingerprint density at radius 3 is 2.48 bits per heavy atom. The molecule has 0 radical (unpaired) electrons. The van der Waals surface area contributed by atoms with Crippen LogP contribution in [0.15, 0.2) is 18.2 Å². The first-order valence-corrected chi connectivity index (χ1v) is 7.52. The van der Waals surface area contributed by atoms with Crippen LogP contribution in [-0.2, 0) is 11.3 Å². The van der Waals surface area contributed by atoms with Crippen LogP contribution in [0.1, 0.15) is 25.3 Å². The van der Waals surface area contributed by atoms with Gasteiger partial charge in [0.25, 0.3) is 0 Å². The third kappa shape index (κ3) is 6.56. The fraction of sp³-hybridized carbons (Fsp3) is 0.500. The molecule has 3 N–H and O–H groups in total. The molecule has 0 fully saturated rings. The fourth-order valence-corrected chi connectivity index (χ4v) is 2.25. The summed E-state index contributed by atoms with van der Waals surface area (Å²) >= 11 is 0. The molecule has 7 nitrogen and oxygen atoms in total. The highest BCUT2D eigenvalue weighted by Crippen LogP contribution is 2.28. The molecule has 7 heteroatoms. The SMILES string of the molecule is CCN(CCCC(=O)NC(N)=O)Cc1ccc(OC)c(OC)c1. The van der Waals surface area contributed by atoms with E-state index in [1.807, 2.05) is 18.2 Å². The number of carbonyl (C=O) groups excluding carboxylic acids is 2. The van der Waals surface area contributed by atoms with E-state index in [9.17, 15) is 9.59 Å². The lowest BCUT2D eigenvalue weighted by atomic mass is 10.1. The van der Waals surface area contributed by atoms with Gasteiger partial charge in [-0.1, -0.05) is 13.0 Å². The van der Waals surface area contributed by atoms with Gasteiger partial charge in [0.2, 0.25) is 5.91 Å². The molecule has 3 amide bonds. The molecule has 0 unspecified atom stereocenters. The molecule has 0 saturated heterocycles. The number of primary amides is 1. The van der Waals surface area contributed by atoms with Gasteiger partial charge >= 0.3 is 6.03 Å². The van der Waals surface area contributed by atoms with Crippen molar-refractivity contribution in [3.8, 4) is 11.5 Å². The van der Waals surface area contributed by atoms with E-state index in [2.05, 4.69) is 17.1 Å². The lowest BCUT2D eigenvalue weighted by Crippen LogP contribution is -2.35. The van der Waals surface area contributed by atoms with Gasteiger partial charge in [0, 0.05) is 13.0 Å². The number of nitrogens with zero attached hydrogens (tertiary/aromatic N) is 1. The Balaban J connectivity index is 2.53. The van der Waals surface area contributed by atoms with Crippen LogP contribution < -0.4 is 20.5 Å². The molecular weight excluding hydrogens is 298 g/mol. The molecule has 0 bridgehead atoms. The molecule has 0 atom stereocenters. The van der Waals surface area contributed by atoms with Gasteiger partial charge in [-0.2, -0.15) is 0 Å². The van der Waals surface area contributed by atoms with Gasteiger partial charge in [0.15, 0.2) is 11.5 Å². The highest BCUT2D eigenvalue weighted by molar-refractivity contribution is 5.93. The molecule has 23 heavy (non-hydrogen) atoms. The topological polar surface area (TPSA) is 93.9 Å². The van der Waals surface area contributed by atoms with Gasteiger partial charge in [0.1, 0.15) is 0 Å². The number of rotatable bonds is 9. The minimum Gasteiger partial charge on any atom is -0.493 e. The summed E-state index contributed by atoms with van der Waals surface area (Å²) in [6.45, 7) is 4.40. The molecule has 1 rings (SSSR count). The number of methoxy groups -OCH3 is 2. The lowest BCUT2D eigenvalue weighted by Gasteiger charge is -2.21. The van der Waals surface area contributed by atoms with Crippen LogP contribution in [0.4, 0.5) is 4.79 Å². The standard InChI is InChI=1S/C16H25N3O4/c1-4-19(9-5-6-15(20)18-16(17)21)11-12-7-8-13(22-2)14(10-12)23-3/h7-8,10H,4-6,9,11H2,1-3H3,(H3,17,18,20,21). The average Bonchev–Trinajstić information content (AvgIpc) is 2.52. The summed E-state index contributed by atoms with van der Waals surface area (Å²) in [6.07, 6.45) is 0.922. The largest absolute Gasteiger partial charge is 0.493 e. The molecule has 1 aromatic carbocycles. The van der Waals surface area contributed by atoms with Crippen LogP contribution in [0, 0.1) is 0 Å². The first kappa shape index (κ1) is 18.8. The summed E-state index contributed by atoms with van der Waals surface area (Å²) in [5, 5.41) is 2.06. The van der Waals surface area contributed by atoms with Crippen molar-refractivity contribution in [1.29, 1.82) is 0 Å². The average molecular weight is 323 g/mol. The molecule has 0 saturated carbocycles. The molecule has 0 aliphatic heterocycles. The molecular formula is C16H25N3O4. The van der Waals surface area contributed by atoms with E-state index < -0.39 is 6.03 Å². The highest BCUT2D eigenvalue weighted by atomic mass is 16.5. The number of benzene rings is 1. The van der Waals surface area contributed by atoms with Gasteiger partial charge in [-0.05, 0) is 37.2 Å². The maximum atomic E-state index is 11.4. The molecule has 128 valence electrons. The number of hydrogen-bond acceptors (Lipinski definition) is 5. The van der Waals surface area contributed by atoms with Gasteiger partial charge in [0.05, 0.1) is 14.2 Å². The van der Waals surface area contributed by atoms with Gasteiger partial charge in [-0.25, -0.2) is 4.79 Å². The number of imide groups is 1. The Bertz CT molecular complexity index is 534. The maximum Gasteiger partial charge on any atom is 0.318 e. The van der Waals surface area contributed by atoms with E-state index in [-0.39, 0.29) is 12.3 Å². The molecule has 1 aromatic rings. The Morgan fingerprint density at radius 2 is 1.91 bits per heavy atom. The van der Waals surface area contributed by atoms with Crippen LogP contribution in [0.25, 0.3) is 0 Å². The number of nitrogens with two attached hydrogens (primary N) is 1. The quantitative estimate of drug-likeness (QED) is 0.718. The van der Waals surface area contributed by atoms with Crippen molar-refractivity contribution < 1.29 is 19.1 Å². The van der Waals surface area contributed by atoms with Crippen LogP contribution in [-0.4, -0.2) is 44.1 Å². The normalized spacial score (nSPS) is 10.4. The second-order valence-electron chi connectivity index (χ2n) is 5.07. The third-order valence-electron chi connectivity index (χ3n) is 3.44. The number of urea groups is 1. The van der Waals surface area contributed by atoms with E-state index in [0.717, 1.165) is 25.2 Å². The molecule has 0 spiro atoms. The van der Waals surface area contributed by atoms with Crippen molar-refractivity contribution in [3.63, 3.8) is 0 Å². The third-order valence-corrected chi connectivity index (χ3v) is 3.44. The fourth-order valence-electron chi connectivity index (χ4n) is 2.25. The smallest absolute Gasteiger partial charge is 0.318 e. The Morgan fingerprint density at radius 1 is 1.22 bits per heavy atom. The molecule has 0 aliphatic carbocycles. The van der Waals surface area contributed by atoms with Crippen molar-refractivity contribution in [2.75, 3.05) is 27.3 Å². The predicted octanol–water partition coefficient (Wildman–Crippen LogP) is 1.50. The zero-order valence-electron chi connectivity index (χ0n) is 13.9. The molecule has 0 aromatic heterocycles. The van der Waals surface area contributed by atoms with Crippen molar-refractivity contribution in [1.82, 2.24) is 10.2 Å². The van der Waals surface area contributed by atoms with E-state index in [0.29, 0.717) is 17.9 Å². The van der Waals surface area contributed by atoms with Gasteiger partial charge < -0.3 is 15.2 Å². The summed E-state index contributed by atoms with van der Waals surface area (Å²) < 4.78 is 10.5.